The van der Waals surface area contributed by atoms with Crippen LogP contribution < -0.4 is 16.6 Å². The summed E-state index contributed by atoms with van der Waals surface area (Å²) in [7, 11) is 0. The second-order valence-electron chi connectivity index (χ2n) is 4.36. The van der Waals surface area contributed by atoms with Crippen LogP contribution in [0.2, 0.25) is 0 Å². The summed E-state index contributed by atoms with van der Waals surface area (Å²) in [6.45, 7) is 2.07. The van der Waals surface area contributed by atoms with Crippen molar-refractivity contribution < 1.29 is 4.92 Å². The number of para-hydroxylation sites is 1. The zero-order valence-electron chi connectivity index (χ0n) is 11.5. The van der Waals surface area contributed by atoms with Crippen LogP contribution in [0.4, 0.5) is 23.1 Å². The van der Waals surface area contributed by atoms with E-state index in [4.69, 9.17) is 5.84 Å². The molecule has 1 heterocycles. The van der Waals surface area contributed by atoms with E-state index in [2.05, 4.69) is 27.6 Å². The molecule has 2 aromatic rings. The largest absolute Gasteiger partial charge is 0.334 e. The lowest BCUT2D eigenvalue weighted by Gasteiger charge is -2.11. The van der Waals surface area contributed by atoms with E-state index in [1.807, 2.05) is 24.3 Å². The van der Waals surface area contributed by atoms with E-state index >= 15 is 0 Å². The van der Waals surface area contributed by atoms with Crippen molar-refractivity contribution in [3.63, 3.8) is 0 Å². The first-order chi connectivity index (χ1) is 10.2. The molecule has 0 aliphatic rings. The number of hydrazine groups is 1. The number of nitro groups is 1. The highest BCUT2D eigenvalue weighted by atomic mass is 16.6. The Labute approximate surface area is 121 Å². The minimum absolute atomic E-state index is 0.103. The van der Waals surface area contributed by atoms with Crippen molar-refractivity contribution in [2.24, 2.45) is 5.84 Å². The Morgan fingerprint density at radius 2 is 2.14 bits per heavy atom. The third kappa shape index (κ3) is 3.42. The molecule has 110 valence electrons. The lowest BCUT2D eigenvalue weighted by atomic mass is 10.1. The van der Waals surface area contributed by atoms with Gasteiger partial charge in [-0.05, 0) is 18.1 Å². The van der Waals surface area contributed by atoms with Gasteiger partial charge >= 0.3 is 5.69 Å². The molecule has 0 saturated heterocycles. The molecule has 0 radical (unpaired) electrons. The van der Waals surface area contributed by atoms with Crippen molar-refractivity contribution in [3.05, 3.63) is 46.1 Å². The van der Waals surface area contributed by atoms with Gasteiger partial charge in [0.1, 0.15) is 6.20 Å². The van der Waals surface area contributed by atoms with Crippen LogP contribution >= 0.6 is 0 Å². The van der Waals surface area contributed by atoms with Gasteiger partial charge < -0.3 is 5.32 Å². The highest BCUT2D eigenvalue weighted by molar-refractivity contribution is 5.68. The third-order valence-corrected chi connectivity index (χ3v) is 2.89. The summed E-state index contributed by atoms with van der Waals surface area (Å²) in [6, 6.07) is 7.61. The second-order valence-corrected chi connectivity index (χ2v) is 4.36. The molecule has 1 aromatic carbocycles. The number of aromatic nitrogens is 2. The first-order valence-electron chi connectivity index (χ1n) is 6.48. The number of hydrogen-bond donors (Lipinski definition) is 3. The average Bonchev–Trinajstić information content (AvgIpc) is 2.49. The van der Waals surface area contributed by atoms with Crippen LogP contribution in [0.15, 0.2) is 30.5 Å². The summed E-state index contributed by atoms with van der Waals surface area (Å²) in [4.78, 5) is 18.3. The van der Waals surface area contributed by atoms with Crippen LogP contribution in [0, 0.1) is 10.1 Å². The lowest BCUT2D eigenvalue weighted by Crippen LogP contribution is -2.12. The molecular weight excluding hydrogens is 272 g/mol. The number of benzene rings is 1. The number of rotatable bonds is 6. The monoisotopic (exact) mass is 288 g/mol. The fourth-order valence-corrected chi connectivity index (χ4v) is 1.93. The molecule has 0 fully saturated rings. The first-order valence-corrected chi connectivity index (χ1v) is 6.48. The van der Waals surface area contributed by atoms with Crippen LogP contribution in [-0.4, -0.2) is 14.9 Å². The average molecular weight is 288 g/mol. The van der Waals surface area contributed by atoms with Crippen molar-refractivity contribution in [1.29, 1.82) is 0 Å². The van der Waals surface area contributed by atoms with E-state index < -0.39 is 4.92 Å². The summed E-state index contributed by atoms with van der Waals surface area (Å²) < 4.78 is 0. The predicted molar refractivity (Wildman–Crippen MR) is 80.2 cm³/mol. The lowest BCUT2D eigenvalue weighted by molar-refractivity contribution is -0.384. The van der Waals surface area contributed by atoms with Crippen LogP contribution in [0.1, 0.15) is 18.9 Å². The Bertz CT molecular complexity index is 646. The van der Waals surface area contributed by atoms with Crippen LogP contribution in [-0.2, 0) is 6.42 Å². The summed E-state index contributed by atoms with van der Waals surface area (Å²) in [5, 5.41) is 14.0. The van der Waals surface area contributed by atoms with Crippen molar-refractivity contribution in [2.75, 3.05) is 10.7 Å². The normalized spacial score (nSPS) is 10.2. The maximum absolute atomic E-state index is 11.1. The fraction of sp³-hybridized carbons (Fsp3) is 0.231. The molecule has 1 aromatic heterocycles. The smallest absolute Gasteiger partial charge is 0.329 e. The van der Waals surface area contributed by atoms with Crippen molar-refractivity contribution >= 4 is 23.1 Å². The van der Waals surface area contributed by atoms with Gasteiger partial charge in [0.25, 0.3) is 0 Å². The van der Waals surface area contributed by atoms with E-state index in [-0.39, 0.29) is 17.5 Å². The number of nitrogens with two attached hydrogens (primary N) is 1. The van der Waals surface area contributed by atoms with Crippen LogP contribution in [0.5, 0.6) is 0 Å². The molecule has 0 spiro atoms. The van der Waals surface area contributed by atoms with Crippen molar-refractivity contribution in [3.8, 4) is 0 Å². The third-order valence-electron chi connectivity index (χ3n) is 2.89. The molecule has 0 unspecified atom stereocenters. The Morgan fingerprint density at radius 1 is 1.38 bits per heavy atom. The Hall–Kier alpha value is -2.74. The van der Waals surface area contributed by atoms with Gasteiger partial charge in [-0.3, -0.25) is 15.5 Å². The number of nitrogens with one attached hydrogen (secondary N) is 2. The van der Waals surface area contributed by atoms with Crippen LogP contribution in [0.3, 0.4) is 0 Å². The van der Waals surface area contributed by atoms with E-state index in [0.29, 0.717) is 0 Å². The van der Waals surface area contributed by atoms with Crippen LogP contribution in [0.25, 0.3) is 0 Å². The number of nitrogen functional groups attached to an aromatic ring is 1. The standard InChI is InChI=1S/C13H16N6O2/c1-2-5-9-6-3-4-7-10(9)16-12-11(19(20)21)8-15-13(17-12)18-14/h3-4,6-8H,2,5,14H2,1H3,(H2,15,16,17,18). The van der Waals surface area contributed by atoms with E-state index in [1.165, 1.54) is 0 Å². The molecule has 0 atom stereocenters. The Balaban J connectivity index is 2.40. The molecule has 4 N–H and O–H groups in total. The highest BCUT2D eigenvalue weighted by Crippen LogP contribution is 2.27. The van der Waals surface area contributed by atoms with E-state index in [0.717, 1.165) is 30.3 Å². The molecule has 0 aliphatic heterocycles. The highest BCUT2D eigenvalue weighted by Gasteiger charge is 2.18. The quantitative estimate of drug-likeness (QED) is 0.424. The Kier molecular flexibility index (Phi) is 4.62. The van der Waals surface area contributed by atoms with Gasteiger partial charge in [-0.2, -0.15) is 4.98 Å². The number of aryl methyl sites for hydroxylation is 1. The number of nitrogens with zero attached hydrogens (tertiary/aromatic N) is 3. The van der Waals surface area contributed by atoms with Gasteiger partial charge in [0.15, 0.2) is 0 Å². The second kappa shape index (κ2) is 6.62. The Morgan fingerprint density at radius 3 is 2.81 bits per heavy atom. The van der Waals surface area contributed by atoms with Crippen molar-refractivity contribution in [2.45, 2.75) is 19.8 Å². The topological polar surface area (TPSA) is 119 Å². The van der Waals surface area contributed by atoms with Gasteiger partial charge in [0, 0.05) is 5.69 Å². The SMILES string of the molecule is CCCc1ccccc1Nc1nc(NN)ncc1[N+](=O)[O-]. The molecule has 0 bridgehead atoms. The molecular formula is C13H16N6O2. The van der Waals surface area contributed by atoms with E-state index in [9.17, 15) is 10.1 Å². The molecule has 21 heavy (non-hydrogen) atoms. The predicted octanol–water partition coefficient (Wildman–Crippen LogP) is 2.37. The van der Waals surface area contributed by atoms with Crippen molar-refractivity contribution in [1.82, 2.24) is 9.97 Å². The van der Waals surface area contributed by atoms with E-state index in [1.54, 1.807) is 0 Å². The summed E-state index contributed by atoms with van der Waals surface area (Å²) in [5.74, 6) is 5.45. The first kappa shape index (κ1) is 14.7. The number of hydrogen-bond acceptors (Lipinski definition) is 7. The van der Waals surface area contributed by atoms with Gasteiger partial charge in [0.2, 0.25) is 11.8 Å². The zero-order valence-corrected chi connectivity index (χ0v) is 11.5. The minimum atomic E-state index is -0.537. The molecule has 0 saturated carbocycles. The molecule has 0 aliphatic carbocycles. The molecule has 8 nitrogen and oxygen atoms in total. The van der Waals surface area contributed by atoms with Gasteiger partial charge in [-0.15, -0.1) is 0 Å². The molecule has 8 heteroatoms. The van der Waals surface area contributed by atoms with Gasteiger partial charge in [-0.25, -0.2) is 10.8 Å². The molecule has 0 amide bonds. The maximum Gasteiger partial charge on any atom is 0.329 e. The molecule has 2 rings (SSSR count). The van der Waals surface area contributed by atoms with Gasteiger partial charge in [-0.1, -0.05) is 31.5 Å². The van der Waals surface area contributed by atoms with Gasteiger partial charge in [0.05, 0.1) is 4.92 Å². The fourth-order valence-electron chi connectivity index (χ4n) is 1.93. The summed E-state index contributed by atoms with van der Waals surface area (Å²) >= 11 is 0. The minimum Gasteiger partial charge on any atom is -0.334 e. The maximum atomic E-state index is 11.1. The zero-order chi connectivity index (χ0) is 15.2. The summed E-state index contributed by atoms with van der Waals surface area (Å²) in [5.41, 5.74) is 3.91. The number of anilines is 3. The summed E-state index contributed by atoms with van der Waals surface area (Å²) in [6.07, 6.45) is 2.96.